The molecule has 0 spiro atoms. The van der Waals surface area contributed by atoms with E-state index in [1.54, 1.807) is 18.2 Å². The number of benzene rings is 3. The molecular formula is C23H22F3NO. The molecule has 3 aromatic carbocycles. The number of rotatable bonds is 6. The summed E-state index contributed by atoms with van der Waals surface area (Å²) in [5.41, 5.74) is 8.72. The third kappa shape index (κ3) is 3.85. The van der Waals surface area contributed by atoms with Gasteiger partial charge in [0.2, 0.25) is 0 Å². The summed E-state index contributed by atoms with van der Waals surface area (Å²) < 4.78 is 42.0. The number of hydrogen-bond acceptors (Lipinski definition) is 2. The highest BCUT2D eigenvalue weighted by molar-refractivity contribution is 5.87. The van der Waals surface area contributed by atoms with Crippen LogP contribution in [0.5, 0.6) is 5.75 Å². The maximum absolute atomic E-state index is 12.4. The van der Waals surface area contributed by atoms with Gasteiger partial charge in [-0.2, -0.15) is 13.2 Å². The molecule has 2 nitrogen and oxygen atoms in total. The molecule has 0 aliphatic heterocycles. The first-order valence-corrected chi connectivity index (χ1v) is 9.40. The molecule has 1 saturated carbocycles. The second-order valence-electron chi connectivity index (χ2n) is 7.54. The third-order valence-corrected chi connectivity index (χ3v) is 5.58. The van der Waals surface area contributed by atoms with Crippen LogP contribution in [-0.2, 0) is 11.8 Å². The average Bonchev–Trinajstić information content (AvgIpc) is 3.48. The van der Waals surface area contributed by atoms with Gasteiger partial charge in [0.05, 0.1) is 0 Å². The molecule has 0 saturated heterocycles. The van der Waals surface area contributed by atoms with E-state index in [4.69, 9.17) is 10.5 Å². The van der Waals surface area contributed by atoms with E-state index in [-0.39, 0.29) is 17.2 Å². The SMILES string of the molecule is NC(Cc1cccc(OCC(F)(F)F)c1)C1(c2cccc3ccccc23)CC1. The first-order chi connectivity index (χ1) is 13.4. The van der Waals surface area contributed by atoms with Crippen LogP contribution in [0.2, 0.25) is 0 Å². The summed E-state index contributed by atoms with van der Waals surface area (Å²) in [5, 5.41) is 2.42. The minimum atomic E-state index is -4.35. The van der Waals surface area contributed by atoms with Gasteiger partial charge in [-0.05, 0) is 53.3 Å². The third-order valence-electron chi connectivity index (χ3n) is 5.58. The van der Waals surface area contributed by atoms with Crippen molar-refractivity contribution >= 4 is 10.8 Å². The van der Waals surface area contributed by atoms with Crippen molar-refractivity contribution in [1.82, 2.24) is 0 Å². The van der Waals surface area contributed by atoms with Crippen molar-refractivity contribution < 1.29 is 17.9 Å². The number of ether oxygens (including phenoxy) is 1. The molecule has 4 rings (SSSR count). The van der Waals surface area contributed by atoms with Gasteiger partial charge in [-0.1, -0.05) is 54.6 Å². The Kier molecular flexibility index (Phi) is 4.79. The summed E-state index contributed by atoms with van der Waals surface area (Å²) in [7, 11) is 0. The van der Waals surface area contributed by atoms with Crippen molar-refractivity contribution in [2.75, 3.05) is 6.61 Å². The number of fused-ring (bicyclic) bond motifs is 1. The predicted molar refractivity (Wildman–Crippen MR) is 105 cm³/mol. The van der Waals surface area contributed by atoms with Crippen LogP contribution >= 0.6 is 0 Å². The molecule has 3 aromatic rings. The molecule has 0 bridgehead atoms. The Hall–Kier alpha value is -2.53. The first kappa shape index (κ1) is 18.8. The summed E-state index contributed by atoms with van der Waals surface area (Å²) in [4.78, 5) is 0. The fourth-order valence-electron chi connectivity index (χ4n) is 4.01. The van der Waals surface area contributed by atoms with Crippen LogP contribution in [0, 0.1) is 0 Å². The van der Waals surface area contributed by atoms with E-state index in [1.807, 2.05) is 18.2 Å². The fourth-order valence-corrected chi connectivity index (χ4v) is 4.01. The normalized spacial score (nSPS) is 16.7. The predicted octanol–water partition coefficient (Wildman–Crippen LogP) is 5.38. The molecule has 0 aromatic heterocycles. The summed E-state index contributed by atoms with van der Waals surface area (Å²) in [5.74, 6) is 0.219. The van der Waals surface area contributed by atoms with E-state index < -0.39 is 12.8 Å². The smallest absolute Gasteiger partial charge is 0.422 e. The molecular weight excluding hydrogens is 363 g/mol. The van der Waals surface area contributed by atoms with Crippen molar-refractivity contribution in [2.24, 2.45) is 5.73 Å². The quantitative estimate of drug-likeness (QED) is 0.618. The molecule has 1 fully saturated rings. The standard InChI is InChI=1S/C23H22F3NO/c24-23(25,26)15-28-18-8-3-5-16(13-18)14-21(27)22(11-12-22)20-10-4-7-17-6-1-2-9-19(17)20/h1-10,13,21H,11-12,14-15,27H2. The Morgan fingerprint density at radius 3 is 2.43 bits per heavy atom. The zero-order valence-electron chi connectivity index (χ0n) is 15.4. The summed E-state index contributed by atoms with van der Waals surface area (Å²) in [6.45, 7) is -1.29. The lowest BCUT2D eigenvalue weighted by Crippen LogP contribution is -2.37. The van der Waals surface area contributed by atoms with Crippen molar-refractivity contribution in [1.29, 1.82) is 0 Å². The summed E-state index contributed by atoms with van der Waals surface area (Å²) >= 11 is 0. The second-order valence-corrected chi connectivity index (χ2v) is 7.54. The van der Waals surface area contributed by atoms with Crippen LogP contribution < -0.4 is 10.5 Å². The van der Waals surface area contributed by atoms with E-state index in [2.05, 4.69) is 30.3 Å². The Labute approximate surface area is 162 Å². The Balaban J connectivity index is 1.54. The van der Waals surface area contributed by atoms with Gasteiger partial charge in [0.15, 0.2) is 6.61 Å². The van der Waals surface area contributed by atoms with Gasteiger partial charge in [0, 0.05) is 11.5 Å². The van der Waals surface area contributed by atoms with E-state index in [9.17, 15) is 13.2 Å². The Morgan fingerprint density at radius 2 is 1.68 bits per heavy atom. The topological polar surface area (TPSA) is 35.2 Å². The summed E-state index contributed by atoms with van der Waals surface area (Å²) in [6, 6.07) is 21.3. The fraction of sp³-hybridized carbons (Fsp3) is 0.304. The molecule has 1 unspecified atom stereocenters. The highest BCUT2D eigenvalue weighted by atomic mass is 19.4. The van der Waals surface area contributed by atoms with Crippen LogP contribution in [-0.4, -0.2) is 18.8 Å². The lowest BCUT2D eigenvalue weighted by atomic mass is 9.82. The van der Waals surface area contributed by atoms with Gasteiger partial charge in [-0.3, -0.25) is 0 Å². The minimum Gasteiger partial charge on any atom is -0.484 e. The van der Waals surface area contributed by atoms with Crippen LogP contribution in [0.1, 0.15) is 24.0 Å². The Bertz CT molecular complexity index is 973. The van der Waals surface area contributed by atoms with Crippen LogP contribution in [0.25, 0.3) is 10.8 Å². The lowest BCUT2D eigenvalue weighted by molar-refractivity contribution is -0.153. The summed E-state index contributed by atoms with van der Waals surface area (Å²) in [6.07, 6.45) is -1.72. The van der Waals surface area contributed by atoms with Gasteiger partial charge in [-0.15, -0.1) is 0 Å². The van der Waals surface area contributed by atoms with Gasteiger partial charge in [0.25, 0.3) is 0 Å². The van der Waals surface area contributed by atoms with Crippen LogP contribution in [0.15, 0.2) is 66.7 Å². The highest BCUT2D eigenvalue weighted by Gasteiger charge is 2.49. The molecule has 1 atom stereocenters. The minimum absolute atomic E-state index is 0.0797. The van der Waals surface area contributed by atoms with Crippen LogP contribution in [0.4, 0.5) is 13.2 Å². The maximum Gasteiger partial charge on any atom is 0.422 e. The number of nitrogens with two attached hydrogens (primary N) is 1. The van der Waals surface area contributed by atoms with Crippen LogP contribution in [0.3, 0.4) is 0 Å². The molecule has 0 amide bonds. The first-order valence-electron chi connectivity index (χ1n) is 9.40. The number of halogens is 3. The molecule has 0 radical (unpaired) electrons. The van der Waals surface area contributed by atoms with Crippen molar-refractivity contribution in [2.45, 2.75) is 36.9 Å². The molecule has 0 heterocycles. The van der Waals surface area contributed by atoms with E-state index in [0.717, 1.165) is 18.4 Å². The van der Waals surface area contributed by atoms with Gasteiger partial charge in [-0.25, -0.2) is 0 Å². The highest BCUT2D eigenvalue weighted by Crippen LogP contribution is 2.53. The van der Waals surface area contributed by atoms with Gasteiger partial charge < -0.3 is 10.5 Å². The zero-order chi connectivity index (χ0) is 19.8. The zero-order valence-corrected chi connectivity index (χ0v) is 15.4. The Morgan fingerprint density at radius 1 is 0.964 bits per heavy atom. The average molecular weight is 385 g/mol. The van der Waals surface area contributed by atoms with Gasteiger partial charge >= 0.3 is 6.18 Å². The molecule has 28 heavy (non-hydrogen) atoms. The molecule has 5 heteroatoms. The van der Waals surface area contributed by atoms with Gasteiger partial charge in [0.1, 0.15) is 5.75 Å². The second kappa shape index (κ2) is 7.13. The number of hydrogen-bond donors (Lipinski definition) is 1. The molecule has 1 aliphatic carbocycles. The van der Waals surface area contributed by atoms with E-state index in [0.29, 0.717) is 6.42 Å². The van der Waals surface area contributed by atoms with Crippen molar-refractivity contribution in [3.8, 4) is 5.75 Å². The van der Waals surface area contributed by atoms with Crippen molar-refractivity contribution in [3.05, 3.63) is 77.9 Å². The molecule has 146 valence electrons. The lowest BCUT2D eigenvalue weighted by Gasteiger charge is -2.26. The largest absolute Gasteiger partial charge is 0.484 e. The molecule has 2 N–H and O–H groups in total. The van der Waals surface area contributed by atoms with E-state index >= 15 is 0 Å². The maximum atomic E-state index is 12.4. The van der Waals surface area contributed by atoms with Crippen molar-refractivity contribution in [3.63, 3.8) is 0 Å². The molecule has 1 aliphatic rings. The monoisotopic (exact) mass is 385 g/mol. The van der Waals surface area contributed by atoms with E-state index in [1.165, 1.54) is 16.3 Å². The number of alkyl halides is 3.